The molecule has 0 saturated carbocycles. The topological polar surface area (TPSA) is 67.8 Å². The van der Waals surface area contributed by atoms with Gasteiger partial charge in [0.1, 0.15) is 10.7 Å². The first-order chi connectivity index (χ1) is 12.2. The van der Waals surface area contributed by atoms with Gasteiger partial charge in [0.2, 0.25) is 0 Å². The number of aromatic nitrogens is 3. The van der Waals surface area contributed by atoms with Crippen LogP contribution in [0.4, 0.5) is 5.69 Å². The molecule has 1 N–H and O–H groups in total. The quantitative estimate of drug-likeness (QED) is 0.572. The molecule has 0 spiro atoms. The van der Waals surface area contributed by atoms with E-state index in [1.54, 1.807) is 42.0 Å². The lowest BCUT2D eigenvalue weighted by Crippen LogP contribution is -2.12. The Balaban J connectivity index is 1.55. The van der Waals surface area contributed by atoms with Crippen LogP contribution in [0.25, 0.3) is 21.6 Å². The molecule has 25 heavy (non-hydrogen) atoms. The first-order valence-electron chi connectivity index (χ1n) is 7.43. The van der Waals surface area contributed by atoms with E-state index in [4.69, 9.17) is 11.6 Å². The van der Waals surface area contributed by atoms with Gasteiger partial charge in [-0.25, -0.2) is 4.98 Å². The summed E-state index contributed by atoms with van der Waals surface area (Å²) in [6, 6.07) is 12.8. The number of rotatable bonds is 3. The monoisotopic (exact) mass is 366 g/mol. The van der Waals surface area contributed by atoms with Gasteiger partial charge in [-0.15, -0.1) is 11.3 Å². The smallest absolute Gasteiger partial charge is 0.275 e. The molecule has 0 fully saturated rings. The maximum Gasteiger partial charge on any atom is 0.275 e. The SMILES string of the molecule is O=C(Nc1ccc2nccnc2c1)c1csc(-c2ccc(Cl)cc2)n1. The van der Waals surface area contributed by atoms with Crippen molar-refractivity contribution in [3.63, 3.8) is 0 Å². The molecule has 7 heteroatoms. The molecule has 0 aliphatic rings. The number of amides is 1. The summed E-state index contributed by atoms with van der Waals surface area (Å²) in [5.41, 5.74) is 3.45. The van der Waals surface area contributed by atoms with Gasteiger partial charge in [0.15, 0.2) is 0 Å². The molecule has 1 amide bonds. The fourth-order valence-electron chi connectivity index (χ4n) is 2.34. The zero-order valence-electron chi connectivity index (χ0n) is 12.8. The van der Waals surface area contributed by atoms with Crippen molar-refractivity contribution >= 4 is 45.6 Å². The van der Waals surface area contributed by atoms with E-state index < -0.39 is 0 Å². The molecule has 2 aromatic carbocycles. The zero-order chi connectivity index (χ0) is 17.2. The van der Waals surface area contributed by atoms with E-state index in [0.717, 1.165) is 21.6 Å². The third-order valence-corrected chi connectivity index (χ3v) is 4.70. The van der Waals surface area contributed by atoms with E-state index in [2.05, 4.69) is 20.3 Å². The normalized spacial score (nSPS) is 10.8. The molecule has 2 heterocycles. The molecule has 0 bridgehead atoms. The van der Waals surface area contributed by atoms with Crippen LogP contribution in [0.2, 0.25) is 5.02 Å². The molecule has 0 atom stereocenters. The van der Waals surface area contributed by atoms with Gasteiger partial charge in [-0.3, -0.25) is 14.8 Å². The lowest BCUT2D eigenvalue weighted by Gasteiger charge is -2.04. The second-order valence-corrected chi connectivity index (χ2v) is 6.55. The van der Waals surface area contributed by atoms with Gasteiger partial charge >= 0.3 is 0 Å². The summed E-state index contributed by atoms with van der Waals surface area (Å²) in [4.78, 5) is 25.3. The van der Waals surface area contributed by atoms with Crippen LogP contribution in [0, 0.1) is 0 Å². The Morgan fingerprint density at radius 1 is 1.00 bits per heavy atom. The molecular weight excluding hydrogens is 356 g/mol. The predicted molar refractivity (Wildman–Crippen MR) is 100 cm³/mol. The minimum Gasteiger partial charge on any atom is -0.321 e. The number of nitrogens with zero attached hydrogens (tertiary/aromatic N) is 3. The maximum atomic E-state index is 12.4. The second-order valence-electron chi connectivity index (χ2n) is 5.26. The highest BCUT2D eigenvalue weighted by Crippen LogP contribution is 2.25. The highest BCUT2D eigenvalue weighted by atomic mass is 35.5. The van der Waals surface area contributed by atoms with Crippen molar-refractivity contribution in [2.75, 3.05) is 5.32 Å². The summed E-state index contributed by atoms with van der Waals surface area (Å²) in [5.74, 6) is -0.264. The molecule has 0 aliphatic heterocycles. The van der Waals surface area contributed by atoms with Crippen LogP contribution in [0.15, 0.2) is 60.2 Å². The van der Waals surface area contributed by atoms with Gasteiger partial charge in [0, 0.05) is 34.0 Å². The van der Waals surface area contributed by atoms with Crippen LogP contribution in [-0.4, -0.2) is 20.9 Å². The first-order valence-corrected chi connectivity index (χ1v) is 8.68. The predicted octanol–water partition coefficient (Wildman–Crippen LogP) is 4.66. The number of halogens is 1. The van der Waals surface area contributed by atoms with Crippen molar-refractivity contribution in [1.82, 2.24) is 15.0 Å². The fraction of sp³-hybridized carbons (Fsp3) is 0. The van der Waals surface area contributed by atoms with Crippen molar-refractivity contribution in [1.29, 1.82) is 0 Å². The summed E-state index contributed by atoms with van der Waals surface area (Å²) in [7, 11) is 0. The number of hydrogen-bond donors (Lipinski definition) is 1. The molecule has 0 radical (unpaired) electrons. The van der Waals surface area contributed by atoms with Gasteiger partial charge in [-0.2, -0.15) is 0 Å². The second kappa shape index (κ2) is 6.58. The van der Waals surface area contributed by atoms with Crippen molar-refractivity contribution < 1.29 is 4.79 Å². The highest BCUT2D eigenvalue weighted by Gasteiger charge is 2.12. The largest absolute Gasteiger partial charge is 0.321 e. The van der Waals surface area contributed by atoms with E-state index >= 15 is 0 Å². The number of carbonyl (C=O) groups is 1. The molecular formula is C18H11ClN4OS. The Bertz CT molecular complexity index is 1060. The number of thiazole rings is 1. The van der Waals surface area contributed by atoms with Gasteiger partial charge < -0.3 is 5.32 Å². The Morgan fingerprint density at radius 3 is 2.56 bits per heavy atom. The molecule has 5 nitrogen and oxygen atoms in total. The van der Waals surface area contributed by atoms with Crippen molar-refractivity contribution in [3.8, 4) is 10.6 Å². The van der Waals surface area contributed by atoms with Crippen LogP contribution in [-0.2, 0) is 0 Å². The number of hydrogen-bond acceptors (Lipinski definition) is 5. The van der Waals surface area contributed by atoms with Crippen LogP contribution in [0.3, 0.4) is 0 Å². The van der Waals surface area contributed by atoms with Crippen LogP contribution in [0.5, 0.6) is 0 Å². The average molecular weight is 367 g/mol. The number of fused-ring (bicyclic) bond motifs is 1. The van der Waals surface area contributed by atoms with Gasteiger partial charge in [-0.05, 0) is 30.3 Å². The van der Waals surface area contributed by atoms with E-state index in [1.807, 2.05) is 18.2 Å². The molecule has 0 unspecified atom stereocenters. The molecule has 0 saturated heterocycles. The maximum absolute atomic E-state index is 12.4. The van der Waals surface area contributed by atoms with Crippen LogP contribution in [0.1, 0.15) is 10.5 Å². The molecule has 4 rings (SSSR count). The molecule has 122 valence electrons. The first kappa shape index (κ1) is 15.7. The van der Waals surface area contributed by atoms with Gasteiger partial charge in [0.05, 0.1) is 11.0 Å². The van der Waals surface area contributed by atoms with Crippen molar-refractivity contribution in [2.45, 2.75) is 0 Å². The van der Waals surface area contributed by atoms with Crippen LogP contribution < -0.4 is 5.32 Å². The molecule has 4 aromatic rings. The summed E-state index contributed by atoms with van der Waals surface area (Å²) in [5, 5.41) is 6.01. The van der Waals surface area contributed by atoms with Gasteiger partial charge in [0.25, 0.3) is 5.91 Å². The van der Waals surface area contributed by atoms with E-state index in [0.29, 0.717) is 16.4 Å². The minimum atomic E-state index is -0.264. The Kier molecular flexibility index (Phi) is 4.13. The number of nitrogens with one attached hydrogen (secondary N) is 1. The van der Waals surface area contributed by atoms with Crippen molar-refractivity contribution in [2.24, 2.45) is 0 Å². The minimum absolute atomic E-state index is 0.264. The van der Waals surface area contributed by atoms with Crippen molar-refractivity contribution in [3.05, 3.63) is 71.0 Å². The third kappa shape index (κ3) is 3.35. The molecule has 0 aliphatic carbocycles. The summed E-state index contributed by atoms with van der Waals surface area (Å²) in [6.07, 6.45) is 3.25. The zero-order valence-corrected chi connectivity index (χ0v) is 14.4. The average Bonchev–Trinajstić information content (AvgIpc) is 3.12. The fourth-order valence-corrected chi connectivity index (χ4v) is 3.27. The third-order valence-electron chi connectivity index (χ3n) is 3.56. The Hall–Kier alpha value is -2.83. The number of anilines is 1. The number of benzene rings is 2. The standard InChI is InChI=1S/C18H11ClN4OS/c19-12-3-1-11(2-4-12)18-23-16(10-25-18)17(24)22-13-5-6-14-15(9-13)21-8-7-20-14/h1-10H,(H,22,24). The molecule has 2 aromatic heterocycles. The summed E-state index contributed by atoms with van der Waals surface area (Å²) < 4.78 is 0. The van der Waals surface area contributed by atoms with Crippen LogP contribution >= 0.6 is 22.9 Å². The van der Waals surface area contributed by atoms with E-state index in [9.17, 15) is 4.79 Å². The summed E-state index contributed by atoms with van der Waals surface area (Å²) in [6.45, 7) is 0. The Labute approximate surface area is 152 Å². The Morgan fingerprint density at radius 2 is 1.76 bits per heavy atom. The highest BCUT2D eigenvalue weighted by molar-refractivity contribution is 7.13. The lowest BCUT2D eigenvalue weighted by atomic mass is 10.2. The number of carbonyl (C=O) groups excluding carboxylic acids is 1. The van der Waals surface area contributed by atoms with Gasteiger partial charge in [-0.1, -0.05) is 23.7 Å². The summed E-state index contributed by atoms with van der Waals surface area (Å²) >= 11 is 7.31. The van der Waals surface area contributed by atoms with E-state index in [-0.39, 0.29) is 5.91 Å². The van der Waals surface area contributed by atoms with E-state index in [1.165, 1.54) is 11.3 Å². The lowest BCUT2D eigenvalue weighted by molar-refractivity contribution is 0.102.